The van der Waals surface area contributed by atoms with E-state index in [9.17, 15) is 0 Å². The number of hydrogen-bond acceptors (Lipinski definition) is 3. The molecule has 3 nitrogen and oxygen atoms in total. The van der Waals surface area contributed by atoms with Crippen LogP contribution < -0.4 is 5.73 Å². The zero-order valence-corrected chi connectivity index (χ0v) is 10.7. The molecule has 0 saturated carbocycles. The third kappa shape index (κ3) is 3.27. The summed E-state index contributed by atoms with van der Waals surface area (Å²) in [6, 6.07) is 4.81. The van der Waals surface area contributed by atoms with Crippen LogP contribution in [0.3, 0.4) is 0 Å². The van der Waals surface area contributed by atoms with Crippen LogP contribution in [0.4, 0.5) is 0 Å². The van der Waals surface area contributed by atoms with E-state index in [4.69, 9.17) is 5.73 Å². The van der Waals surface area contributed by atoms with Crippen LogP contribution in [0.15, 0.2) is 24.5 Å². The van der Waals surface area contributed by atoms with Gasteiger partial charge in [-0.25, -0.2) is 0 Å². The lowest BCUT2D eigenvalue weighted by molar-refractivity contribution is 0.164. The van der Waals surface area contributed by atoms with Crippen LogP contribution in [-0.2, 0) is 6.54 Å². The number of nitrogens with zero attached hydrogens (tertiary/aromatic N) is 2. The second kappa shape index (κ2) is 6.12. The molecule has 0 aliphatic carbocycles. The first kappa shape index (κ1) is 12.5. The van der Waals surface area contributed by atoms with Gasteiger partial charge in [0, 0.05) is 25.0 Å². The normalized spacial score (nSPS) is 26.7. The van der Waals surface area contributed by atoms with Crippen molar-refractivity contribution in [3.63, 3.8) is 0 Å². The third-order valence-corrected chi connectivity index (χ3v) is 3.97. The lowest BCUT2D eigenvalue weighted by Gasteiger charge is -2.31. The van der Waals surface area contributed by atoms with E-state index in [1.807, 2.05) is 12.4 Å². The highest BCUT2D eigenvalue weighted by molar-refractivity contribution is 5.09. The second-order valence-corrected chi connectivity index (χ2v) is 5.06. The summed E-state index contributed by atoms with van der Waals surface area (Å²) in [5.41, 5.74) is 7.23. The summed E-state index contributed by atoms with van der Waals surface area (Å²) in [5, 5.41) is 0. The minimum absolute atomic E-state index is 0.593. The van der Waals surface area contributed by atoms with Gasteiger partial charge in [-0.2, -0.15) is 0 Å². The monoisotopic (exact) mass is 233 g/mol. The molecule has 17 heavy (non-hydrogen) atoms. The Morgan fingerprint density at radius 3 is 2.82 bits per heavy atom. The van der Waals surface area contributed by atoms with E-state index in [1.165, 1.54) is 31.4 Å². The molecule has 0 aromatic carbocycles. The molecule has 2 atom stereocenters. The molecule has 3 heteroatoms. The summed E-state index contributed by atoms with van der Waals surface area (Å²) >= 11 is 0. The van der Waals surface area contributed by atoms with E-state index in [1.54, 1.807) is 0 Å². The SMILES string of the molecule is C[C@@H]1[C@@H](CN)CCCCN1Cc1ccncc1. The number of nitrogens with two attached hydrogens (primary N) is 1. The van der Waals surface area contributed by atoms with Crippen molar-refractivity contribution in [3.8, 4) is 0 Å². The fraction of sp³-hybridized carbons (Fsp3) is 0.643. The van der Waals surface area contributed by atoms with Gasteiger partial charge in [0.05, 0.1) is 0 Å². The third-order valence-electron chi connectivity index (χ3n) is 3.97. The van der Waals surface area contributed by atoms with Crippen molar-refractivity contribution >= 4 is 0 Å². The van der Waals surface area contributed by atoms with Crippen LogP contribution in [0, 0.1) is 5.92 Å². The first-order valence-electron chi connectivity index (χ1n) is 6.64. The van der Waals surface area contributed by atoms with E-state index in [0.29, 0.717) is 12.0 Å². The zero-order chi connectivity index (χ0) is 12.1. The molecule has 1 aromatic heterocycles. The molecular weight excluding hydrogens is 210 g/mol. The van der Waals surface area contributed by atoms with Crippen molar-refractivity contribution < 1.29 is 0 Å². The van der Waals surface area contributed by atoms with Crippen LogP contribution in [-0.4, -0.2) is 29.0 Å². The molecule has 1 fully saturated rings. The molecule has 1 saturated heterocycles. The van der Waals surface area contributed by atoms with E-state index in [0.717, 1.165) is 13.1 Å². The summed E-state index contributed by atoms with van der Waals surface area (Å²) in [7, 11) is 0. The van der Waals surface area contributed by atoms with Gasteiger partial charge in [0.15, 0.2) is 0 Å². The molecule has 0 radical (unpaired) electrons. The summed E-state index contributed by atoms with van der Waals surface area (Å²) in [4.78, 5) is 6.64. The molecule has 0 amide bonds. The number of pyridine rings is 1. The van der Waals surface area contributed by atoms with Gasteiger partial charge >= 0.3 is 0 Å². The van der Waals surface area contributed by atoms with E-state index >= 15 is 0 Å². The molecule has 2 heterocycles. The Labute approximate surface area is 104 Å². The molecule has 1 aliphatic heterocycles. The molecule has 2 N–H and O–H groups in total. The first-order chi connectivity index (χ1) is 8.31. The van der Waals surface area contributed by atoms with E-state index in [2.05, 4.69) is 28.9 Å². The predicted molar refractivity (Wildman–Crippen MR) is 70.5 cm³/mol. The van der Waals surface area contributed by atoms with Gasteiger partial charge in [0.2, 0.25) is 0 Å². The maximum atomic E-state index is 5.88. The fourth-order valence-electron chi connectivity index (χ4n) is 2.72. The number of rotatable bonds is 3. The predicted octanol–water partition coefficient (Wildman–Crippen LogP) is 2.03. The van der Waals surface area contributed by atoms with Crippen molar-refractivity contribution in [2.45, 2.75) is 38.8 Å². The standard InChI is InChI=1S/C14H23N3/c1-12-14(10-15)4-2-3-9-17(12)11-13-5-7-16-8-6-13/h5-8,12,14H,2-4,9-11,15H2,1H3/t12-,14-/m1/s1. The van der Waals surface area contributed by atoms with Crippen molar-refractivity contribution in [1.82, 2.24) is 9.88 Å². The first-order valence-corrected chi connectivity index (χ1v) is 6.64. The van der Waals surface area contributed by atoms with Gasteiger partial charge in [0.1, 0.15) is 0 Å². The molecule has 0 bridgehead atoms. The Hall–Kier alpha value is -0.930. The highest BCUT2D eigenvalue weighted by Crippen LogP contribution is 2.23. The molecule has 0 spiro atoms. The quantitative estimate of drug-likeness (QED) is 0.868. The topological polar surface area (TPSA) is 42.1 Å². The van der Waals surface area contributed by atoms with Gasteiger partial charge in [0.25, 0.3) is 0 Å². The summed E-state index contributed by atoms with van der Waals surface area (Å²) < 4.78 is 0. The highest BCUT2D eigenvalue weighted by atomic mass is 15.2. The molecule has 1 aliphatic rings. The minimum atomic E-state index is 0.593. The number of likely N-dealkylation sites (tertiary alicyclic amines) is 1. The highest BCUT2D eigenvalue weighted by Gasteiger charge is 2.24. The zero-order valence-electron chi connectivity index (χ0n) is 10.7. The Kier molecular flexibility index (Phi) is 4.51. The maximum Gasteiger partial charge on any atom is 0.0271 e. The van der Waals surface area contributed by atoms with Gasteiger partial charge in [-0.05, 0) is 56.5 Å². The fourth-order valence-corrected chi connectivity index (χ4v) is 2.72. The average Bonchev–Trinajstić information content (AvgIpc) is 2.54. The van der Waals surface area contributed by atoms with Crippen LogP contribution in [0.25, 0.3) is 0 Å². The van der Waals surface area contributed by atoms with Crippen LogP contribution in [0.1, 0.15) is 31.7 Å². The smallest absolute Gasteiger partial charge is 0.0271 e. The lowest BCUT2D eigenvalue weighted by Crippen LogP contribution is -2.39. The molecule has 2 rings (SSSR count). The summed E-state index contributed by atoms with van der Waals surface area (Å²) in [5.74, 6) is 0.652. The maximum absolute atomic E-state index is 5.88. The largest absolute Gasteiger partial charge is 0.330 e. The Balaban J connectivity index is 2.03. The van der Waals surface area contributed by atoms with E-state index in [-0.39, 0.29) is 0 Å². The van der Waals surface area contributed by atoms with Gasteiger partial charge in [-0.3, -0.25) is 9.88 Å². The van der Waals surface area contributed by atoms with Crippen molar-refractivity contribution in [2.75, 3.05) is 13.1 Å². The van der Waals surface area contributed by atoms with Crippen LogP contribution in [0.2, 0.25) is 0 Å². The average molecular weight is 233 g/mol. The Bertz CT molecular complexity index is 325. The van der Waals surface area contributed by atoms with E-state index < -0.39 is 0 Å². The molecule has 0 unspecified atom stereocenters. The second-order valence-electron chi connectivity index (χ2n) is 5.06. The summed E-state index contributed by atoms with van der Waals surface area (Å²) in [6.45, 7) is 5.36. The Morgan fingerprint density at radius 1 is 1.35 bits per heavy atom. The van der Waals surface area contributed by atoms with Crippen LogP contribution in [0.5, 0.6) is 0 Å². The Morgan fingerprint density at radius 2 is 2.12 bits per heavy atom. The molecule has 1 aromatic rings. The van der Waals surface area contributed by atoms with Gasteiger partial charge < -0.3 is 5.73 Å². The van der Waals surface area contributed by atoms with Crippen LogP contribution >= 0.6 is 0 Å². The van der Waals surface area contributed by atoms with Crippen molar-refractivity contribution in [2.24, 2.45) is 11.7 Å². The minimum Gasteiger partial charge on any atom is -0.330 e. The van der Waals surface area contributed by atoms with Crippen molar-refractivity contribution in [3.05, 3.63) is 30.1 Å². The van der Waals surface area contributed by atoms with Gasteiger partial charge in [-0.1, -0.05) is 6.42 Å². The lowest BCUT2D eigenvalue weighted by atomic mass is 9.96. The molecular formula is C14H23N3. The van der Waals surface area contributed by atoms with Gasteiger partial charge in [-0.15, -0.1) is 0 Å². The summed E-state index contributed by atoms with van der Waals surface area (Å²) in [6.07, 6.45) is 7.64. The number of aromatic nitrogens is 1. The number of hydrogen-bond donors (Lipinski definition) is 1. The molecule has 94 valence electrons. The van der Waals surface area contributed by atoms with Crippen molar-refractivity contribution in [1.29, 1.82) is 0 Å².